The van der Waals surface area contributed by atoms with Crippen molar-refractivity contribution in [2.45, 2.75) is 0 Å². The maximum Gasteiger partial charge on any atom is 0.281 e. The van der Waals surface area contributed by atoms with Gasteiger partial charge in [0.25, 0.3) is 8.53 Å². The van der Waals surface area contributed by atoms with Gasteiger partial charge in [0, 0.05) is 5.69 Å². The van der Waals surface area contributed by atoms with Gasteiger partial charge in [0.2, 0.25) is 0 Å². The van der Waals surface area contributed by atoms with Crippen LogP contribution < -0.4 is 5.09 Å². The third kappa shape index (κ3) is 2.31. The second kappa shape index (κ2) is 3.52. The zero-order valence-electron chi connectivity index (χ0n) is 5.23. The molecule has 0 unspecified atom stereocenters. The van der Waals surface area contributed by atoms with Crippen molar-refractivity contribution in [2.24, 2.45) is 0 Å². The first-order valence-corrected chi connectivity index (χ1v) is 4.03. The second-order valence-electron chi connectivity index (χ2n) is 1.77. The van der Waals surface area contributed by atoms with Gasteiger partial charge < -0.3 is 14.9 Å². The maximum absolute atomic E-state index is 8.52. The van der Waals surface area contributed by atoms with E-state index in [9.17, 15) is 0 Å². The highest BCUT2D eigenvalue weighted by molar-refractivity contribution is 7.46. The summed E-state index contributed by atoms with van der Waals surface area (Å²) in [5.41, 5.74) is 0.721. The topological polar surface area (TPSA) is 52.5 Å². The lowest BCUT2D eigenvalue weighted by Crippen LogP contribution is -1.87. The van der Waals surface area contributed by atoms with Crippen LogP contribution in [-0.4, -0.2) is 9.79 Å². The summed E-state index contributed by atoms with van der Waals surface area (Å²) in [6.45, 7) is 0. The third-order valence-electron chi connectivity index (χ3n) is 1.00. The number of anilines is 1. The Hall–Kier alpha value is -0.630. The first-order chi connectivity index (χ1) is 4.79. The lowest BCUT2D eigenvalue weighted by molar-refractivity contribution is 0.490. The molecule has 0 aliphatic carbocycles. The molecule has 0 aromatic heterocycles. The molecule has 0 bridgehead atoms. The molecule has 0 aliphatic heterocycles. The van der Waals surface area contributed by atoms with Gasteiger partial charge in [-0.25, -0.2) is 0 Å². The maximum atomic E-state index is 8.52. The molecule has 3 nitrogen and oxygen atoms in total. The van der Waals surface area contributed by atoms with Crippen molar-refractivity contribution in [3.05, 3.63) is 30.3 Å². The third-order valence-corrected chi connectivity index (χ3v) is 1.46. The summed E-state index contributed by atoms with van der Waals surface area (Å²) in [6, 6.07) is 9.04. The van der Waals surface area contributed by atoms with Gasteiger partial charge in [0.15, 0.2) is 0 Å². The Balaban J connectivity index is 2.59. The lowest BCUT2D eigenvalue weighted by Gasteiger charge is -2.04. The van der Waals surface area contributed by atoms with Crippen LogP contribution in [0.5, 0.6) is 0 Å². The fraction of sp³-hybridized carbons (Fsp3) is 0. The van der Waals surface area contributed by atoms with Crippen LogP contribution >= 0.6 is 8.53 Å². The Morgan fingerprint density at radius 2 is 1.70 bits per heavy atom. The summed E-state index contributed by atoms with van der Waals surface area (Å²) in [6.07, 6.45) is 0. The molecule has 0 saturated heterocycles. The van der Waals surface area contributed by atoms with Gasteiger partial charge in [-0.05, 0) is 12.1 Å². The Labute approximate surface area is 60.3 Å². The second-order valence-corrected chi connectivity index (χ2v) is 2.57. The lowest BCUT2D eigenvalue weighted by atomic mass is 10.3. The molecule has 0 heterocycles. The molecular formula is C6H8NO2P. The van der Waals surface area contributed by atoms with Crippen LogP contribution in [0.3, 0.4) is 0 Å². The van der Waals surface area contributed by atoms with E-state index in [1.807, 2.05) is 18.2 Å². The van der Waals surface area contributed by atoms with E-state index in [0.717, 1.165) is 5.69 Å². The molecule has 0 atom stereocenters. The average molecular weight is 157 g/mol. The van der Waals surface area contributed by atoms with E-state index in [4.69, 9.17) is 9.79 Å². The number of rotatable bonds is 2. The largest absolute Gasteiger partial charge is 0.334 e. The number of hydrogen-bond acceptors (Lipinski definition) is 3. The Bertz CT molecular complexity index is 190. The van der Waals surface area contributed by atoms with Crippen molar-refractivity contribution in [3.63, 3.8) is 0 Å². The van der Waals surface area contributed by atoms with Gasteiger partial charge in [0.05, 0.1) is 0 Å². The number of nitrogens with one attached hydrogen (secondary N) is 1. The van der Waals surface area contributed by atoms with Crippen LogP contribution in [0.4, 0.5) is 5.69 Å². The minimum absolute atomic E-state index is 0.721. The fourth-order valence-electron chi connectivity index (χ4n) is 0.628. The SMILES string of the molecule is OP(O)Nc1ccccc1. The van der Waals surface area contributed by atoms with E-state index in [-0.39, 0.29) is 0 Å². The number of benzene rings is 1. The summed E-state index contributed by atoms with van der Waals surface area (Å²) >= 11 is 0. The van der Waals surface area contributed by atoms with Crippen molar-refractivity contribution < 1.29 is 9.79 Å². The van der Waals surface area contributed by atoms with Crippen LogP contribution in [0.15, 0.2) is 30.3 Å². The van der Waals surface area contributed by atoms with Gasteiger partial charge in [0.1, 0.15) is 0 Å². The molecule has 4 heteroatoms. The van der Waals surface area contributed by atoms with Crippen molar-refractivity contribution in [1.82, 2.24) is 0 Å². The minimum atomic E-state index is -2.03. The molecule has 0 radical (unpaired) electrons. The fourth-order valence-corrected chi connectivity index (χ4v) is 1.01. The van der Waals surface area contributed by atoms with E-state index < -0.39 is 8.53 Å². The predicted octanol–water partition coefficient (Wildman–Crippen LogP) is 1.31. The number of para-hydroxylation sites is 1. The molecule has 0 fully saturated rings. The van der Waals surface area contributed by atoms with E-state index in [2.05, 4.69) is 5.09 Å². The van der Waals surface area contributed by atoms with Crippen molar-refractivity contribution >= 4 is 14.2 Å². The van der Waals surface area contributed by atoms with Crippen LogP contribution in [0.25, 0.3) is 0 Å². The molecule has 3 N–H and O–H groups in total. The molecule has 1 aromatic carbocycles. The summed E-state index contributed by atoms with van der Waals surface area (Å²) in [5, 5.41) is 2.48. The Kier molecular flexibility index (Phi) is 2.63. The quantitative estimate of drug-likeness (QED) is 0.567. The van der Waals surface area contributed by atoms with Crippen molar-refractivity contribution in [3.8, 4) is 0 Å². The molecule has 1 rings (SSSR count). The monoisotopic (exact) mass is 157 g/mol. The standard InChI is InChI=1S/C6H8NO2P/c8-10(9)7-6-4-2-1-3-5-6/h1-5,7-9H. The Morgan fingerprint density at radius 3 is 2.20 bits per heavy atom. The highest BCUT2D eigenvalue weighted by Crippen LogP contribution is 2.24. The van der Waals surface area contributed by atoms with Gasteiger partial charge in [-0.3, -0.25) is 0 Å². The zero-order chi connectivity index (χ0) is 7.40. The van der Waals surface area contributed by atoms with E-state index in [1.54, 1.807) is 12.1 Å². The molecule has 0 saturated carbocycles. The smallest absolute Gasteiger partial charge is 0.281 e. The molecule has 10 heavy (non-hydrogen) atoms. The van der Waals surface area contributed by atoms with Crippen LogP contribution in [0.1, 0.15) is 0 Å². The molecule has 0 aliphatic rings. The highest BCUT2D eigenvalue weighted by atomic mass is 31.2. The van der Waals surface area contributed by atoms with Crippen LogP contribution in [0, 0.1) is 0 Å². The molecule has 0 amide bonds. The predicted molar refractivity (Wildman–Crippen MR) is 41.4 cm³/mol. The van der Waals surface area contributed by atoms with E-state index in [1.165, 1.54) is 0 Å². The minimum Gasteiger partial charge on any atom is -0.334 e. The molecular weight excluding hydrogens is 149 g/mol. The van der Waals surface area contributed by atoms with E-state index in [0.29, 0.717) is 0 Å². The highest BCUT2D eigenvalue weighted by Gasteiger charge is 1.95. The Morgan fingerprint density at radius 1 is 1.10 bits per heavy atom. The molecule has 1 aromatic rings. The van der Waals surface area contributed by atoms with Gasteiger partial charge in [-0.2, -0.15) is 0 Å². The zero-order valence-corrected chi connectivity index (χ0v) is 6.12. The summed E-state index contributed by atoms with van der Waals surface area (Å²) < 4.78 is 0. The van der Waals surface area contributed by atoms with Crippen LogP contribution in [0.2, 0.25) is 0 Å². The van der Waals surface area contributed by atoms with Crippen molar-refractivity contribution in [2.75, 3.05) is 5.09 Å². The van der Waals surface area contributed by atoms with Gasteiger partial charge >= 0.3 is 0 Å². The summed E-state index contributed by atoms with van der Waals surface area (Å²) in [4.78, 5) is 17.0. The average Bonchev–Trinajstić information content (AvgIpc) is 1.88. The molecule has 0 spiro atoms. The normalized spacial score (nSPS) is 9.90. The molecule has 54 valence electrons. The van der Waals surface area contributed by atoms with Crippen molar-refractivity contribution in [1.29, 1.82) is 0 Å². The van der Waals surface area contributed by atoms with Gasteiger partial charge in [-0.15, -0.1) is 0 Å². The number of hydrogen-bond donors (Lipinski definition) is 3. The van der Waals surface area contributed by atoms with E-state index >= 15 is 0 Å². The first-order valence-electron chi connectivity index (χ1n) is 2.78. The summed E-state index contributed by atoms with van der Waals surface area (Å²) in [7, 11) is -2.03. The summed E-state index contributed by atoms with van der Waals surface area (Å²) in [5.74, 6) is 0. The first kappa shape index (κ1) is 7.48. The van der Waals surface area contributed by atoms with Gasteiger partial charge in [-0.1, -0.05) is 18.2 Å². The van der Waals surface area contributed by atoms with Crippen LogP contribution in [-0.2, 0) is 0 Å².